The van der Waals surface area contributed by atoms with Gasteiger partial charge in [-0.05, 0) is 37.6 Å². The number of rotatable bonds is 6. The molecule has 4 N–H and O–H groups in total. The molecule has 0 bridgehead atoms. The second-order valence-corrected chi connectivity index (χ2v) is 6.50. The molecule has 2 rings (SSSR count). The molecule has 100 valence electrons. The maximum Gasteiger partial charge on any atom is 0.240 e. The molecule has 5 nitrogen and oxygen atoms in total. The summed E-state index contributed by atoms with van der Waals surface area (Å²) in [5.74, 6) is 0.836. The molecule has 0 radical (unpaired) electrons. The first kappa shape index (κ1) is 13.2. The van der Waals surface area contributed by atoms with Crippen LogP contribution in [-0.2, 0) is 10.0 Å². The Morgan fingerprint density at radius 1 is 1.39 bits per heavy atom. The zero-order valence-corrected chi connectivity index (χ0v) is 11.3. The Hall–Kier alpha value is -1.27. The molecule has 0 aliphatic heterocycles. The molecular weight excluding hydrogens is 250 g/mol. The van der Waals surface area contributed by atoms with Crippen molar-refractivity contribution in [3.63, 3.8) is 0 Å². The summed E-state index contributed by atoms with van der Waals surface area (Å²) >= 11 is 0. The fourth-order valence-electron chi connectivity index (χ4n) is 1.79. The van der Waals surface area contributed by atoms with Crippen molar-refractivity contribution in [2.75, 3.05) is 24.6 Å². The quantitative estimate of drug-likeness (QED) is 0.681. The molecule has 18 heavy (non-hydrogen) atoms. The fraction of sp³-hybridized carbons (Fsp3) is 0.500. The van der Waals surface area contributed by atoms with Crippen molar-refractivity contribution in [2.45, 2.75) is 24.2 Å². The van der Waals surface area contributed by atoms with E-state index >= 15 is 0 Å². The Kier molecular flexibility index (Phi) is 3.77. The molecule has 0 atom stereocenters. The van der Waals surface area contributed by atoms with E-state index in [4.69, 9.17) is 5.73 Å². The minimum atomic E-state index is -3.41. The Morgan fingerprint density at radius 3 is 2.72 bits per heavy atom. The highest BCUT2D eigenvalue weighted by atomic mass is 32.2. The fourth-order valence-corrected chi connectivity index (χ4v) is 2.55. The van der Waals surface area contributed by atoms with Gasteiger partial charge in [0, 0.05) is 6.54 Å². The van der Waals surface area contributed by atoms with Crippen molar-refractivity contribution in [3.05, 3.63) is 18.2 Å². The third-order valence-electron chi connectivity index (χ3n) is 3.17. The summed E-state index contributed by atoms with van der Waals surface area (Å²) in [6.45, 7) is 0.831. The molecule has 0 amide bonds. The number of hydrogen-bond acceptors (Lipinski definition) is 4. The number of hydrogen-bond donors (Lipinski definition) is 3. The molecule has 0 spiro atoms. The molecule has 0 heterocycles. The summed E-state index contributed by atoms with van der Waals surface area (Å²) in [5, 5.41) is 3.20. The summed E-state index contributed by atoms with van der Waals surface area (Å²) < 4.78 is 25.6. The van der Waals surface area contributed by atoms with E-state index in [1.165, 1.54) is 26.0 Å². The van der Waals surface area contributed by atoms with Crippen LogP contribution >= 0.6 is 0 Å². The van der Waals surface area contributed by atoms with Crippen LogP contribution in [0.3, 0.4) is 0 Å². The maximum atomic E-state index is 11.7. The average Bonchev–Trinajstić information content (AvgIpc) is 3.15. The van der Waals surface area contributed by atoms with Gasteiger partial charge in [-0.1, -0.05) is 12.8 Å². The van der Waals surface area contributed by atoms with Crippen LogP contribution in [0.2, 0.25) is 0 Å². The van der Waals surface area contributed by atoms with Crippen molar-refractivity contribution in [2.24, 2.45) is 5.92 Å². The molecule has 1 fully saturated rings. The molecule has 1 saturated carbocycles. The van der Waals surface area contributed by atoms with Crippen molar-refractivity contribution >= 4 is 21.4 Å². The van der Waals surface area contributed by atoms with Crippen LogP contribution in [0.1, 0.15) is 19.3 Å². The molecule has 1 aliphatic rings. The van der Waals surface area contributed by atoms with E-state index in [9.17, 15) is 8.42 Å². The molecule has 0 unspecified atom stereocenters. The first-order chi connectivity index (χ1) is 8.53. The molecule has 1 aromatic carbocycles. The number of anilines is 2. The summed E-state index contributed by atoms with van der Waals surface area (Å²) in [6.07, 6.45) is 3.74. The minimum absolute atomic E-state index is 0.230. The van der Waals surface area contributed by atoms with E-state index in [1.54, 1.807) is 12.1 Å². The lowest BCUT2D eigenvalue weighted by molar-refractivity contribution is 0.588. The van der Waals surface area contributed by atoms with Gasteiger partial charge in [0.2, 0.25) is 10.0 Å². The van der Waals surface area contributed by atoms with Crippen LogP contribution in [0.4, 0.5) is 11.4 Å². The van der Waals surface area contributed by atoms with E-state index in [2.05, 4.69) is 10.0 Å². The van der Waals surface area contributed by atoms with E-state index in [0.29, 0.717) is 11.4 Å². The molecule has 1 aliphatic carbocycles. The van der Waals surface area contributed by atoms with Gasteiger partial charge in [0.25, 0.3) is 0 Å². The summed E-state index contributed by atoms with van der Waals surface area (Å²) in [7, 11) is -2.02. The largest absolute Gasteiger partial charge is 0.397 e. The minimum Gasteiger partial charge on any atom is -0.397 e. The maximum absolute atomic E-state index is 11.7. The first-order valence-corrected chi connectivity index (χ1v) is 7.58. The zero-order chi connectivity index (χ0) is 13.2. The van der Waals surface area contributed by atoms with Gasteiger partial charge < -0.3 is 11.1 Å². The van der Waals surface area contributed by atoms with Gasteiger partial charge >= 0.3 is 0 Å². The van der Waals surface area contributed by atoms with Crippen LogP contribution < -0.4 is 15.8 Å². The third-order valence-corrected chi connectivity index (χ3v) is 4.58. The van der Waals surface area contributed by atoms with E-state index in [-0.39, 0.29) is 4.90 Å². The summed E-state index contributed by atoms with van der Waals surface area (Å²) in [4.78, 5) is 0.230. The Balaban J connectivity index is 2.10. The molecule has 6 heteroatoms. The normalized spacial score (nSPS) is 15.6. The van der Waals surface area contributed by atoms with Crippen LogP contribution in [-0.4, -0.2) is 22.0 Å². The highest BCUT2D eigenvalue weighted by molar-refractivity contribution is 7.89. The first-order valence-electron chi connectivity index (χ1n) is 6.10. The third kappa shape index (κ3) is 3.14. The smallest absolute Gasteiger partial charge is 0.240 e. The van der Waals surface area contributed by atoms with Gasteiger partial charge in [-0.15, -0.1) is 0 Å². The molecule has 1 aromatic rings. The standard InChI is InChI=1S/C12H19N3O2S/c1-14-18(16,17)10-4-5-11(13)12(8-10)15-7-6-9-2-3-9/h4-5,8-9,14-15H,2-3,6-7,13H2,1H3. The van der Waals surface area contributed by atoms with Gasteiger partial charge in [0.15, 0.2) is 0 Å². The van der Waals surface area contributed by atoms with Crippen molar-refractivity contribution in [1.29, 1.82) is 0 Å². The Morgan fingerprint density at radius 2 is 2.11 bits per heavy atom. The lowest BCUT2D eigenvalue weighted by Crippen LogP contribution is -2.19. The monoisotopic (exact) mass is 269 g/mol. The van der Waals surface area contributed by atoms with Gasteiger partial charge in [0.05, 0.1) is 16.3 Å². The summed E-state index contributed by atoms with van der Waals surface area (Å²) in [6, 6.07) is 4.70. The predicted molar refractivity (Wildman–Crippen MR) is 72.9 cm³/mol. The number of nitrogens with two attached hydrogens (primary N) is 1. The highest BCUT2D eigenvalue weighted by Gasteiger charge is 2.20. The second kappa shape index (κ2) is 5.16. The van der Waals surface area contributed by atoms with E-state index in [0.717, 1.165) is 18.9 Å². The Bertz CT molecular complexity index is 524. The van der Waals surface area contributed by atoms with Gasteiger partial charge in [-0.3, -0.25) is 0 Å². The van der Waals surface area contributed by atoms with E-state index in [1.807, 2.05) is 0 Å². The van der Waals surface area contributed by atoms with Crippen LogP contribution in [0, 0.1) is 5.92 Å². The molecule has 0 saturated heterocycles. The lowest BCUT2D eigenvalue weighted by Gasteiger charge is -2.11. The SMILES string of the molecule is CNS(=O)(=O)c1ccc(N)c(NCCC2CC2)c1. The van der Waals surface area contributed by atoms with Gasteiger partial charge in [0.1, 0.15) is 0 Å². The number of nitrogens with one attached hydrogen (secondary N) is 2. The second-order valence-electron chi connectivity index (χ2n) is 4.62. The molecule has 0 aromatic heterocycles. The van der Waals surface area contributed by atoms with Crippen LogP contribution in [0.25, 0.3) is 0 Å². The van der Waals surface area contributed by atoms with Crippen LogP contribution in [0.15, 0.2) is 23.1 Å². The summed E-state index contributed by atoms with van der Waals surface area (Å²) in [5.41, 5.74) is 7.09. The van der Waals surface area contributed by atoms with Gasteiger partial charge in [-0.25, -0.2) is 13.1 Å². The number of nitrogen functional groups attached to an aromatic ring is 1. The molecular formula is C12H19N3O2S. The predicted octanol–water partition coefficient (Wildman–Crippen LogP) is 1.39. The van der Waals surface area contributed by atoms with Gasteiger partial charge in [-0.2, -0.15) is 0 Å². The van der Waals surface area contributed by atoms with E-state index < -0.39 is 10.0 Å². The van der Waals surface area contributed by atoms with Crippen LogP contribution in [0.5, 0.6) is 0 Å². The topological polar surface area (TPSA) is 84.2 Å². The highest BCUT2D eigenvalue weighted by Crippen LogP contribution is 2.32. The average molecular weight is 269 g/mol. The number of sulfonamides is 1. The zero-order valence-electron chi connectivity index (χ0n) is 10.4. The Labute approximate surface area is 108 Å². The lowest BCUT2D eigenvalue weighted by atomic mass is 10.2. The van der Waals surface area contributed by atoms with Crippen molar-refractivity contribution in [1.82, 2.24) is 4.72 Å². The van der Waals surface area contributed by atoms with Crippen molar-refractivity contribution in [3.8, 4) is 0 Å². The van der Waals surface area contributed by atoms with Crippen molar-refractivity contribution < 1.29 is 8.42 Å². The number of benzene rings is 1.